The molecule has 1 aliphatic carbocycles. The number of nitrogens with one attached hydrogen (secondary N) is 1. The summed E-state index contributed by atoms with van der Waals surface area (Å²) in [5.41, 5.74) is 1.22. The normalized spacial score (nSPS) is 28.3. The topological polar surface area (TPSA) is 34.1 Å². The van der Waals surface area contributed by atoms with Crippen LogP contribution in [0.3, 0.4) is 0 Å². The van der Waals surface area contributed by atoms with Gasteiger partial charge in [-0.05, 0) is 30.2 Å². The quantitative estimate of drug-likeness (QED) is 0.869. The van der Waals surface area contributed by atoms with E-state index in [1.807, 2.05) is 12.3 Å². The predicted molar refractivity (Wildman–Crippen MR) is 69.0 cm³/mol. The van der Waals surface area contributed by atoms with E-state index in [0.29, 0.717) is 11.9 Å². The monoisotopic (exact) mass is 234 g/mol. The molecule has 0 aliphatic heterocycles. The Morgan fingerprint density at radius 3 is 2.71 bits per heavy atom. The maximum atomic E-state index is 5.05. The van der Waals surface area contributed by atoms with Gasteiger partial charge in [0.25, 0.3) is 0 Å². The number of methoxy groups -OCH3 is 1. The molecule has 94 valence electrons. The molecule has 1 N–H and O–H groups in total. The van der Waals surface area contributed by atoms with Crippen LogP contribution < -0.4 is 10.1 Å². The van der Waals surface area contributed by atoms with E-state index < -0.39 is 0 Å². The van der Waals surface area contributed by atoms with Gasteiger partial charge in [-0.25, -0.2) is 4.98 Å². The number of aromatic nitrogens is 1. The van der Waals surface area contributed by atoms with Crippen LogP contribution in [0, 0.1) is 11.8 Å². The molecule has 0 aromatic carbocycles. The predicted octanol–water partition coefficient (Wildman–Crippen LogP) is 2.61. The van der Waals surface area contributed by atoms with E-state index in [-0.39, 0.29) is 0 Å². The molecule has 0 amide bonds. The van der Waals surface area contributed by atoms with E-state index in [9.17, 15) is 0 Å². The summed E-state index contributed by atoms with van der Waals surface area (Å²) in [6, 6.07) is 4.65. The third kappa shape index (κ3) is 2.97. The lowest BCUT2D eigenvalue weighted by Gasteiger charge is -2.19. The van der Waals surface area contributed by atoms with Gasteiger partial charge in [-0.2, -0.15) is 0 Å². The molecule has 3 nitrogen and oxygen atoms in total. The summed E-state index contributed by atoms with van der Waals surface area (Å²) in [4.78, 5) is 4.21. The SMILES string of the molecule is COc1ccc(CNC2CCC(C)C2C)cn1. The molecule has 0 spiro atoms. The van der Waals surface area contributed by atoms with Crippen LogP contribution in [0.15, 0.2) is 18.3 Å². The van der Waals surface area contributed by atoms with Crippen LogP contribution in [-0.4, -0.2) is 18.1 Å². The number of rotatable bonds is 4. The lowest BCUT2D eigenvalue weighted by Crippen LogP contribution is -2.31. The Balaban J connectivity index is 1.85. The maximum absolute atomic E-state index is 5.05. The van der Waals surface area contributed by atoms with E-state index in [1.54, 1.807) is 7.11 Å². The molecule has 3 unspecified atom stereocenters. The summed E-state index contributed by atoms with van der Waals surface area (Å²) in [7, 11) is 1.64. The number of hydrogen-bond acceptors (Lipinski definition) is 3. The van der Waals surface area contributed by atoms with Gasteiger partial charge in [0.2, 0.25) is 5.88 Å². The lowest BCUT2D eigenvalue weighted by molar-refractivity contribution is 0.369. The molecule has 1 aromatic rings. The molecule has 0 bridgehead atoms. The maximum Gasteiger partial charge on any atom is 0.212 e. The van der Waals surface area contributed by atoms with Crippen LogP contribution >= 0.6 is 0 Å². The van der Waals surface area contributed by atoms with Crippen molar-refractivity contribution >= 4 is 0 Å². The van der Waals surface area contributed by atoms with Gasteiger partial charge in [-0.3, -0.25) is 0 Å². The zero-order valence-corrected chi connectivity index (χ0v) is 10.9. The largest absolute Gasteiger partial charge is 0.481 e. The van der Waals surface area contributed by atoms with E-state index in [4.69, 9.17) is 4.74 Å². The van der Waals surface area contributed by atoms with Crippen LogP contribution in [-0.2, 0) is 6.54 Å². The highest BCUT2D eigenvalue weighted by Gasteiger charge is 2.28. The van der Waals surface area contributed by atoms with Crippen LogP contribution in [0.4, 0.5) is 0 Å². The van der Waals surface area contributed by atoms with Gasteiger partial charge in [0, 0.05) is 24.8 Å². The van der Waals surface area contributed by atoms with Gasteiger partial charge in [-0.15, -0.1) is 0 Å². The van der Waals surface area contributed by atoms with Crippen molar-refractivity contribution < 1.29 is 4.74 Å². The summed E-state index contributed by atoms with van der Waals surface area (Å²) in [6.07, 6.45) is 4.53. The average molecular weight is 234 g/mol. The van der Waals surface area contributed by atoms with Crippen molar-refractivity contribution in [3.63, 3.8) is 0 Å². The van der Waals surface area contributed by atoms with Crippen LogP contribution in [0.25, 0.3) is 0 Å². The second-order valence-electron chi connectivity index (χ2n) is 5.11. The highest BCUT2D eigenvalue weighted by molar-refractivity contribution is 5.17. The number of nitrogens with zero attached hydrogens (tertiary/aromatic N) is 1. The first-order valence-electron chi connectivity index (χ1n) is 6.43. The number of hydrogen-bond donors (Lipinski definition) is 1. The van der Waals surface area contributed by atoms with Gasteiger partial charge < -0.3 is 10.1 Å². The smallest absolute Gasteiger partial charge is 0.212 e. The third-order valence-electron chi connectivity index (χ3n) is 4.04. The van der Waals surface area contributed by atoms with Crippen LogP contribution in [0.5, 0.6) is 5.88 Å². The fraction of sp³-hybridized carbons (Fsp3) is 0.643. The van der Waals surface area contributed by atoms with Crippen LogP contribution in [0.1, 0.15) is 32.3 Å². The third-order valence-corrected chi connectivity index (χ3v) is 4.04. The molecule has 2 rings (SSSR count). The fourth-order valence-electron chi connectivity index (χ4n) is 2.54. The first-order valence-corrected chi connectivity index (χ1v) is 6.43. The molecule has 1 aliphatic rings. The van der Waals surface area contributed by atoms with Crippen molar-refractivity contribution in [3.05, 3.63) is 23.9 Å². The molecular weight excluding hydrogens is 212 g/mol. The number of pyridine rings is 1. The average Bonchev–Trinajstić information content (AvgIpc) is 2.68. The molecule has 3 atom stereocenters. The lowest BCUT2D eigenvalue weighted by atomic mass is 9.98. The molecule has 0 radical (unpaired) electrons. The Morgan fingerprint density at radius 1 is 1.35 bits per heavy atom. The van der Waals surface area contributed by atoms with E-state index in [2.05, 4.69) is 30.2 Å². The molecule has 1 aromatic heterocycles. The van der Waals surface area contributed by atoms with E-state index in [0.717, 1.165) is 18.4 Å². The van der Waals surface area contributed by atoms with Crippen LogP contribution in [0.2, 0.25) is 0 Å². The molecule has 1 heterocycles. The van der Waals surface area contributed by atoms with Crippen molar-refractivity contribution in [3.8, 4) is 5.88 Å². The molecular formula is C14H22N2O. The zero-order chi connectivity index (χ0) is 12.3. The van der Waals surface area contributed by atoms with Crippen molar-refractivity contribution in [1.29, 1.82) is 0 Å². The van der Waals surface area contributed by atoms with Crippen molar-refractivity contribution in [1.82, 2.24) is 10.3 Å². The standard InChI is InChI=1S/C14H22N2O/c1-10-4-6-13(11(10)2)15-8-12-5-7-14(17-3)16-9-12/h5,7,9-11,13,15H,4,6,8H2,1-3H3. The minimum Gasteiger partial charge on any atom is -0.481 e. The Morgan fingerprint density at radius 2 is 2.18 bits per heavy atom. The molecule has 1 saturated carbocycles. The van der Waals surface area contributed by atoms with E-state index >= 15 is 0 Å². The summed E-state index contributed by atoms with van der Waals surface area (Å²) >= 11 is 0. The fourth-order valence-corrected chi connectivity index (χ4v) is 2.54. The second kappa shape index (κ2) is 5.50. The zero-order valence-electron chi connectivity index (χ0n) is 10.9. The minimum atomic E-state index is 0.659. The number of ether oxygens (including phenoxy) is 1. The Bertz CT molecular complexity index is 350. The first kappa shape index (κ1) is 12.4. The summed E-state index contributed by atoms with van der Waals surface area (Å²) in [5.74, 6) is 2.30. The Kier molecular flexibility index (Phi) is 4.00. The van der Waals surface area contributed by atoms with Crippen molar-refractivity contribution in [2.75, 3.05) is 7.11 Å². The molecule has 0 saturated heterocycles. The molecule has 3 heteroatoms. The first-order chi connectivity index (χ1) is 8.20. The van der Waals surface area contributed by atoms with Gasteiger partial charge in [0.15, 0.2) is 0 Å². The molecule has 17 heavy (non-hydrogen) atoms. The van der Waals surface area contributed by atoms with E-state index in [1.165, 1.54) is 18.4 Å². The summed E-state index contributed by atoms with van der Waals surface area (Å²) < 4.78 is 5.05. The van der Waals surface area contributed by atoms with Gasteiger partial charge >= 0.3 is 0 Å². The Hall–Kier alpha value is -1.09. The van der Waals surface area contributed by atoms with Gasteiger partial charge in [0.1, 0.15) is 0 Å². The minimum absolute atomic E-state index is 0.659. The highest BCUT2D eigenvalue weighted by Crippen LogP contribution is 2.31. The van der Waals surface area contributed by atoms with Crippen molar-refractivity contribution in [2.45, 2.75) is 39.3 Å². The van der Waals surface area contributed by atoms with Gasteiger partial charge in [0.05, 0.1) is 7.11 Å². The molecule has 1 fully saturated rings. The van der Waals surface area contributed by atoms with Gasteiger partial charge in [-0.1, -0.05) is 19.9 Å². The Labute approximate surface area is 104 Å². The summed E-state index contributed by atoms with van der Waals surface area (Å²) in [5, 5.41) is 3.63. The highest BCUT2D eigenvalue weighted by atomic mass is 16.5. The van der Waals surface area contributed by atoms with Crippen molar-refractivity contribution in [2.24, 2.45) is 11.8 Å². The summed E-state index contributed by atoms with van der Waals surface area (Å²) in [6.45, 7) is 5.60. The second-order valence-corrected chi connectivity index (χ2v) is 5.11.